The van der Waals surface area contributed by atoms with Gasteiger partial charge in [0, 0.05) is 0 Å². The lowest BCUT2D eigenvalue weighted by atomic mass is 10.4. The van der Waals surface area contributed by atoms with Crippen LogP contribution >= 0.6 is 0 Å². The summed E-state index contributed by atoms with van der Waals surface area (Å²) < 4.78 is 3.93. The maximum Gasteiger partial charge on any atom is 0.345 e. The van der Waals surface area contributed by atoms with Crippen molar-refractivity contribution in [3.63, 3.8) is 0 Å². The lowest BCUT2D eigenvalue weighted by Gasteiger charge is -1.97. The molecule has 0 fully saturated rings. The van der Waals surface area contributed by atoms with Gasteiger partial charge in [0.05, 0.1) is 0 Å². The molecule has 0 bridgehead atoms. The van der Waals surface area contributed by atoms with Crippen LogP contribution in [-0.2, 0) is 9.22 Å². The van der Waals surface area contributed by atoms with Gasteiger partial charge in [0.15, 0.2) is 0 Å². The highest BCUT2D eigenvalue weighted by atomic mass is 28.2. The zero-order valence-electron chi connectivity index (χ0n) is 3.84. The molecule has 0 aromatic rings. The van der Waals surface area contributed by atoms with Gasteiger partial charge in [0.2, 0.25) is 0 Å². The summed E-state index contributed by atoms with van der Waals surface area (Å²) in [5.41, 5.74) is 0. The first-order valence-corrected chi connectivity index (χ1v) is 2.14. The monoisotopic (exact) mass is 117 g/mol. The molecular formula is C3H5O3Si. The average Bonchev–Trinajstić information content (AvgIpc) is 1.65. The molecule has 4 heteroatoms. The van der Waals surface area contributed by atoms with Crippen LogP contribution in [0.5, 0.6) is 0 Å². The van der Waals surface area contributed by atoms with E-state index in [-0.39, 0.29) is 0 Å². The maximum atomic E-state index is 9.99. The molecule has 7 heavy (non-hydrogen) atoms. The molecule has 3 nitrogen and oxygen atoms in total. The van der Waals surface area contributed by atoms with Crippen LogP contribution < -0.4 is 0 Å². The highest BCUT2D eigenvalue weighted by molar-refractivity contribution is 6.06. The van der Waals surface area contributed by atoms with Crippen molar-refractivity contribution in [2.24, 2.45) is 0 Å². The molecule has 0 aromatic heterocycles. The molecule has 0 saturated carbocycles. The van der Waals surface area contributed by atoms with Gasteiger partial charge in [-0.2, -0.15) is 0 Å². The van der Waals surface area contributed by atoms with E-state index in [4.69, 9.17) is 5.11 Å². The quantitative estimate of drug-likeness (QED) is 0.448. The average molecular weight is 117 g/mol. The van der Waals surface area contributed by atoms with E-state index >= 15 is 0 Å². The summed E-state index contributed by atoms with van der Waals surface area (Å²) in [5, 5.41) is 8.32. The number of carbonyl (C=O) groups excluding carboxylic acids is 1. The summed E-state index contributed by atoms with van der Waals surface area (Å²) in [6, 6.07) is 0. The molecule has 1 unspecified atom stereocenters. The standard InChI is InChI=1S/C3H5O3Si/c1-2(4)3(5)6-7/h2,4H,1H3. The zero-order valence-corrected chi connectivity index (χ0v) is 4.84. The summed E-state index contributed by atoms with van der Waals surface area (Å²) in [4.78, 5) is 9.99. The van der Waals surface area contributed by atoms with E-state index in [1.165, 1.54) is 6.92 Å². The van der Waals surface area contributed by atoms with Gasteiger partial charge in [-0.15, -0.1) is 0 Å². The van der Waals surface area contributed by atoms with E-state index in [9.17, 15) is 4.79 Å². The Kier molecular flexibility index (Phi) is 2.62. The number of aliphatic hydroxyl groups is 1. The first-order valence-electron chi connectivity index (χ1n) is 1.74. The highest BCUT2D eigenvalue weighted by Crippen LogP contribution is 1.80. The van der Waals surface area contributed by atoms with Crippen molar-refractivity contribution in [1.82, 2.24) is 0 Å². The van der Waals surface area contributed by atoms with Gasteiger partial charge < -0.3 is 9.53 Å². The van der Waals surface area contributed by atoms with Gasteiger partial charge in [-0.1, -0.05) is 0 Å². The Hall–Kier alpha value is -0.353. The summed E-state index contributed by atoms with van der Waals surface area (Å²) in [5.74, 6) is -0.684. The molecule has 1 N–H and O–H groups in total. The second-order valence-corrected chi connectivity index (χ2v) is 1.30. The summed E-state index contributed by atoms with van der Waals surface area (Å²) in [6.07, 6.45) is -1.04. The molecule has 0 rings (SSSR count). The second-order valence-electron chi connectivity index (χ2n) is 1.10. The Morgan fingerprint density at radius 2 is 2.43 bits per heavy atom. The molecule has 0 aliphatic carbocycles. The van der Waals surface area contributed by atoms with Crippen LogP contribution in [0, 0.1) is 0 Å². The SMILES string of the molecule is CC(O)C(=O)O[Si]. The van der Waals surface area contributed by atoms with Crippen molar-refractivity contribution < 1.29 is 14.3 Å². The first kappa shape index (κ1) is 6.65. The predicted octanol–water partition coefficient (Wildman–Crippen LogP) is -1.01. The predicted molar refractivity (Wildman–Crippen MR) is 23.5 cm³/mol. The van der Waals surface area contributed by atoms with E-state index in [0.717, 1.165) is 0 Å². The fourth-order valence-corrected chi connectivity index (χ4v) is 0.256. The molecule has 3 radical (unpaired) electrons. The lowest BCUT2D eigenvalue weighted by Crippen LogP contribution is -2.17. The van der Waals surface area contributed by atoms with Crippen LogP contribution in [0.1, 0.15) is 6.92 Å². The van der Waals surface area contributed by atoms with E-state index in [0.29, 0.717) is 0 Å². The van der Waals surface area contributed by atoms with Crippen LogP contribution in [0.15, 0.2) is 0 Å². The van der Waals surface area contributed by atoms with Crippen molar-refractivity contribution in [3.05, 3.63) is 0 Å². The van der Waals surface area contributed by atoms with Crippen LogP contribution in [0.3, 0.4) is 0 Å². The van der Waals surface area contributed by atoms with Gasteiger partial charge >= 0.3 is 16.5 Å². The third kappa shape index (κ3) is 2.36. The first-order chi connectivity index (χ1) is 3.18. The number of hydrogen-bond acceptors (Lipinski definition) is 3. The summed E-state index contributed by atoms with van der Waals surface area (Å²) in [7, 11) is 2.45. The van der Waals surface area contributed by atoms with Crippen molar-refractivity contribution in [3.8, 4) is 0 Å². The van der Waals surface area contributed by atoms with Gasteiger partial charge in [-0.25, -0.2) is 0 Å². The second kappa shape index (κ2) is 2.76. The molecule has 0 heterocycles. The molecule has 0 spiro atoms. The smallest absolute Gasteiger partial charge is 0.345 e. The highest BCUT2D eigenvalue weighted by Gasteiger charge is 2.05. The van der Waals surface area contributed by atoms with Crippen molar-refractivity contribution >= 4 is 16.5 Å². The fourth-order valence-electron chi connectivity index (χ4n) is 0.0853. The minimum absolute atomic E-state index is 0.684. The number of aliphatic hydroxyl groups excluding tert-OH is 1. The minimum atomic E-state index is -1.04. The maximum absolute atomic E-state index is 9.99. The van der Waals surface area contributed by atoms with Gasteiger partial charge in [-0.05, 0) is 6.92 Å². The van der Waals surface area contributed by atoms with E-state index in [2.05, 4.69) is 14.9 Å². The Labute approximate surface area is 44.8 Å². The largest absolute Gasteiger partial charge is 0.514 e. The molecule has 39 valence electrons. The number of rotatable bonds is 1. The molecule has 0 aromatic carbocycles. The van der Waals surface area contributed by atoms with E-state index in [1.54, 1.807) is 0 Å². The summed E-state index contributed by atoms with van der Waals surface area (Å²) in [6.45, 7) is 1.32. The van der Waals surface area contributed by atoms with Crippen LogP contribution in [0.2, 0.25) is 0 Å². The van der Waals surface area contributed by atoms with E-state index < -0.39 is 12.1 Å². The van der Waals surface area contributed by atoms with Gasteiger partial charge in [-0.3, -0.25) is 4.79 Å². The molecule has 0 aliphatic heterocycles. The topological polar surface area (TPSA) is 46.5 Å². The van der Waals surface area contributed by atoms with Crippen LogP contribution in [0.25, 0.3) is 0 Å². The van der Waals surface area contributed by atoms with Crippen molar-refractivity contribution in [1.29, 1.82) is 0 Å². The Balaban J connectivity index is 3.35. The number of carbonyl (C=O) groups is 1. The minimum Gasteiger partial charge on any atom is -0.514 e. The Morgan fingerprint density at radius 1 is 2.00 bits per heavy atom. The molecule has 1 atom stereocenters. The van der Waals surface area contributed by atoms with E-state index in [1.807, 2.05) is 0 Å². The third-order valence-corrected chi connectivity index (χ3v) is 0.643. The van der Waals surface area contributed by atoms with Crippen LogP contribution in [0.4, 0.5) is 0 Å². The normalized spacial score (nSPS) is 13.0. The fraction of sp³-hybridized carbons (Fsp3) is 0.667. The zero-order chi connectivity index (χ0) is 5.86. The number of hydrogen-bond donors (Lipinski definition) is 1. The molecule has 0 amide bonds. The van der Waals surface area contributed by atoms with Crippen molar-refractivity contribution in [2.75, 3.05) is 0 Å². The lowest BCUT2D eigenvalue weighted by molar-refractivity contribution is -0.142. The third-order valence-electron chi connectivity index (χ3n) is 0.442. The summed E-state index contributed by atoms with van der Waals surface area (Å²) >= 11 is 0. The van der Waals surface area contributed by atoms with Crippen molar-refractivity contribution in [2.45, 2.75) is 13.0 Å². The molecular weight excluding hydrogens is 112 g/mol. The van der Waals surface area contributed by atoms with Crippen LogP contribution in [-0.4, -0.2) is 27.7 Å². The molecule has 0 saturated heterocycles. The molecule has 0 aliphatic rings. The Bertz CT molecular complexity index is 70.6. The van der Waals surface area contributed by atoms with Gasteiger partial charge in [0.25, 0.3) is 0 Å². The van der Waals surface area contributed by atoms with Gasteiger partial charge in [0.1, 0.15) is 6.10 Å². The Morgan fingerprint density at radius 3 is 2.43 bits per heavy atom.